The molecule has 2 atom stereocenters. The van der Waals surface area contributed by atoms with Crippen LogP contribution in [-0.2, 0) is 30.6 Å². The molecule has 2 aliphatic rings. The molecule has 3 amide bonds. The second-order valence-corrected chi connectivity index (χ2v) is 11.5. The zero-order chi connectivity index (χ0) is 28.6. The number of aliphatic carboxylic acids is 1. The lowest BCUT2D eigenvalue weighted by atomic mass is 10.0. The number of aryl methyl sites for hydroxylation is 1. The predicted octanol–water partition coefficient (Wildman–Crippen LogP) is 1.16. The zero-order valence-electron chi connectivity index (χ0n) is 21.6. The van der Waals surface area contributed by atoms with Crippen LogP contribution in [0.5, 0.6) is 0 Å². The fourth-order valence-electron chi connectivity index (χ4n) is 4.08. The quantitative estimate of drug-likeness (QED) is 0.0652. The van der Waals surface area contributed by atoms with Crippen LogP contribution in [0.25, 0.3) is 0 Å². The number of hydrogen-bond donors (Lipinski definition) is 3. The summed E-state index contributed by atoms with van der Waals surface area (Å²) in [7, 11) is 1.26. The number of nitrogens with zero attached hydrogens (tertiary/aromatic N) is 7. The van der Waals surface area contributed by atoms with E-state index in [0.29, 0.717) is 35.2 Å². The molecular formula is C22H27N9O6S3. The lowest BCUT2D eigenvalue weighted by Crippen LogP contribution is -2.71. The third-order valence-electron chi connectivity index (χ3n) is 5.96. The molecular weight excluding hydrogens is 583 g/mol. The molecule has 2 aromatic rings. The molecule has 4 rings (SSSR count). The average Bonchev–Trinajstić information content (AvgIpc) is 3.60. The Balaban J connectivity index is 1.43. The van der Waals surface area contributed by atoms with Crippen LogP contribution in [-0.4, -0.2) is 95.1 Å². The van der Waals surface area contributed by atoms with E-state index in [9.17, 15) is 24.3 Å². The number of oxime groups is 1. The van der Waals surface area contributed by atoms with E-state index in [0.717, 1.165) is 37.0 Å². The first-order valence-electron chi connectivity index (χ1n) is 12.3. The van der Waals surface area contributed by atoms with Crippen molar-refractivity contribution >= 4 is 69.9 Å². The highest BCUT2D eigenvalue weighted by atomic mass is 32.2. The van der Waals surface area contributed by atoms with E-state index in [1.165, 1.54) is 40.9 Å². The molecule has 1 saturated heterocycles. The van der Waals surface area contributed by atoms with Crippen LogP contribution in [0, 0.1) is 0 Å². The summed E-state index contributed by atoms with van der Waals surface area (Å²) in [6, 6.07) is -0.968. The molecule has 40 heavy (non-hydrogen) atoms. The van der Waals surface area contributed by atoms with Crippen molar-refractivity contribution in [3.05, 3.63) is 22.3 Å². The van der Waals surface area contributed by atoms with E-state index in [2.05, 4.69) is 43.2 Å². The van der Waals surface area contributed by atoms with Gasteiger partial charge in [0, 0.05) is 23.4 Å². The van der Waals surface area contributed by atoms with Gasteiger partial charge in [-0.2, -0.15) is 0 Å². The van der Waals surface area contributed by atoms with Crippen molar-refractivity contribution in [3.63, 3.8) is 0 Å². The van der Waals surface area contributed by atoms with E-state index in [4.69, 9.17) is 4.84 Å². The average molecular weight is 610 g/mol. The van der Waals surface area contributed by atoms with Gasteiger partial charge in [-0.3, -0.25) is 19.3 Å². The highest BCUT2D eigenvalue weighted by molar-refractivity contribution is 8.01. The summed E-state index contributed by atoms with van der Waals surface area (Å²) in [5.74, 6) is -1.86. The second kappa shape index (κ2) is 13.7. The topological polar surface area (TPSA) is 194 Å². The standard InChI is InChI=1S/C22H27N9O6S3/c1-3-4-5-6-7-30-22(26-28-29-30)40-9-12-8-38-19-15(18(34)31(19)16(12)20(35)36)25-17(33)14(27-37-2)13-10-39-21(24-13)23-11-32/h10-11,15,19H,3-9H2,1-2H3,(H,25,33)(H,35,36)(H,23,24,32)/t15?,19-/m1/s1. The van der Waals surface area contributed by atoms with Gasteiger partial charge in [-0.15, -0.1) is 28.2 Å². The fraction of sp³-hybridized carbons (Fsp3) is 0.500. The SMILES string of the molecule is CCCCCCn1nnnc1SCC1=C(C(=O)O)N2C(=O)C(NC(=O)C(=NOC)c3csc(NC=O)n3)[C@H]2SC1. The number of thiazole rings is 1. The number of amides is 3. The summed E-state index contributed by atoms with van der Waals surface area (Å²) in [6.07, 6.45) is 4.72. The van der Waals surface area contributed by atoms with Crippen LogP contribution in [0.1, 0.15) is 38.3 Å². The Morgan fingerprint density at radius 1 is 1.35 bits per heavy atom. The van der Waals surface area contributed by atoms with Crippen LogP contribution in [0.2, 0.25) is 0 Å². The van der Waals surface area contributed by atoms with Crippen molar-refractivity contribution < 1.29 is 29.1 Å². The van der Waals surface area contributed by atoms with Gasteiger partial charge in [0.1, 0.15) is 29.9 Å². The molecule has 15 nitrogen and oxygen atoms in total. The lowest BCUT2D eigenvalue weighted by molar-refractivity contribution is -0.150. The number of hydrogen-bond acceptors (Lipinski definition) is 13. The minimum Gasteiger partial charge on any atom is -0.477 e. The largest absolute Gasteiger partial charge is 0.477 e. The number of tetrazole rings is 1. The number of anilines is 1. The molecule has 1 unspecified atom stereocenters. The molecule has 2 aromatic heterocycles. The Kier molecular flexibility index (Phi) is 10.1. The van der Waals surface area contributed by atoms with E-state index >= 15 is 0 Å². The van der Waals surface area contributed by atoms with Crippen molar-refractivity contribution in [2.45, 2.75) is 55.7 Å². The summed E-state index contributed by atoms with van der Waals surface area (Å²) in [4.78, 5) is 59.1. The Hall–Kier alpha value is -3.51. The van der Waals surface area contributed by atoms with Crippen molar-refractivity contribution in [2.75, 3.05) is 23.9 Å². The maximum absolute atomic E-state index is 13.1. The molecule has 0 aromatic carbocycles. The van der Waals surface area contributed by atoms with Gasteiger partial charge < -0.3 is 20.6 Å². The summed E-state index contributed by atoms with van der Waals surface area (Å²) in [6.45, 7) is 2.81. The van der Waals surface area contributed by atoms with Crippen molar-refractivity contribution in [1.29, 1.82) is 0 Å². The molecule has 0 spiro atoms. The first-order chi connectivity index (χ1) is 19.4. The minimum atomic E-state index is -1.22. The van der Waals surface area contributed by atoms with Crippen molar-refractivity contribution in [1.82, 2.24) is 35.4 Å². The van der Waals surface area contributed by atoms with Gasteiger partial charge in [0.2, 0.25) is 11.6 Å². The smallest absolute Gasteiger partial charge is 0.352 e. The van der Waals surface area contributed by atoms with E-state index in [-0.39, 0.29) is 22.2 Å². The summed E-state index contributed by atoms with van der Waals surface area (Å²) < 4.78 is 1.71. The van der Waals surface area contributed by atoms with E-state index < -0.39 is 29.2 Å². The third-order valence-corrected chi connectivity index (χ3v) is 9.12. The second-order valence-electron chi connectivity index (χ2n) is 8.57. The Labute approximate surface area is 241 Å². The molecule has 0 bridgehead atoms. The number of carboxylic acids is 1. The maximum atomic E-state index is 13.1. The molecule has 3 N–H and O–H groups in total. The number of β-lactam (4-membered cyclic amide) rings is 1. The van der Waals surface area contributed by atoms with Crippen LogP contribution in [0.3, 0.4) is 0 Å². The van der Waals surface area contributed by atoms with Crippen molar-refractivity contribution in [2.24, 2.45) is 5.16 Å². The molecule has 1 fully saturated rings. The maximum Gasteiger partial charge on any atom is 0.352 e. The first kappa shape index (κ1) is 29.5. The van der Waals surface area contributed by atoms with Gasteiger partial charge in [0.05, 0.1) is 0 Å². The fourth-order valence-corrected chi connectivity index (χ4v) is 7.12. The molecule has 4 heterocycles. The Morgan fingerprint density at radius 2 is 2.17 bits per heavy atom. The Morgan fingerprint density at radius 3 is 2.90 bits per heavy atom. The number of aromatic nitrogens is 5. The summed E-state index contributed by atoms with van der Waals surface area (Å²) in [5.41, 5.74) is 0.426. The third kappa shape index (κ3) is 6.44. The summed E-state index contributed by atoms with van der Waals surface area (Å²) >= 11 is 3.75. The van der Waals surface area contributed by atoms with E-state index in [1.807, 2.05) is 0 Å². The van der Waals surface area contributed by atoms with Gasteiger partial charge in [0.15, 0.2) is 10.8 Å². The van der Waals surface area contributed by atoms with Gasteiger partial charge >= 0.3 is 5.97 Å². The molecule has 0 radical (unpaired) electrons. The normalized spacial score (nSPS) is 18.7. The number of rotatable bonds is 15. The zero-order valence-corrected chi connectivity index (χ0v) is 24.1. The van der Waals surface area contributed by atoms with Gasteiger partial charge in [-0.05, 0) is 22.4 Å². The molecule has 0 aliphatic carbocycles. The number of carbonyl (C=O) groups is 4. The predicted molar refractivity (Wildman–Crippen MR) is 148 cm³/mol. The highest BCUT2D eigenvalue weighted by Crippen LogP contribution is 2.41. The molecule has 2 aliphatic heterocycles. The van der Waals surface area contributed by atoms with Gasteiger partial charge in [0.25, 0.3) is 11.8 Å². The van der Waals surface area contributed by atoms with Crippen LogP contribution < -0.4 is 10.6 Å². The van der Waals surface area contributed by atoms with Gasteiger partial charge in [-0.25, -0.2) is 14.5 Å². The molecule has 0 saturated carbocycles. The van der Waals surface area contributed by atoms with Crippen LogP contribution >= 0.6 is 34.9 Å². The number of nitrogens with one attached hydrogen (secondary N) is 2. The minimum absolute atomic E-state index is 0.0939. The summed E-state index contributed by atoms with van der Waals surface area (Å²) in [5, 5.41) is 32.3. The number of thioether (sulfide) groups is 2. The molecule has 214 valence electrons. The number of unbranched alkanes of at least 4 members (excludes halogenated alkanes) is 3. The Bertz CT molecular complexity index is 1330. The number of fused-ring (bicyclic) bond motifs is 1. The van der Waals surface area contributed by atoms with Crippen LogP contribution in [0.4, 0.5) is 5.13 Å². The lowest BCUT2D eigenvalue weighted by Gasteiger charge is -2.49. The van der Waals surface area contributed by atoms with E-state index in [1.54, 1.807) is 4.68 Å². The highest BCUT2D eigenvalue weighted by Gasteiger charge is 2.54. The van der Waals surface area contributed by atoms with Crippen LogP contribution in [0.15, 0.2) is 27.0 Å². The number of carboxylic acid groups (broad SMARTS) is 1. The monoisotopic (exact) mass is 609 g/mol. The van der Waals surface area contributed by atoms with Crippen molar-refractivity contribution in [3.8, 4) is 0 Å². The first-order valence-corrected chi connectivity index (χ1v) is 15.2. The molecule has 18 heteroatoms. The number of carbonyl (C=O) groups excluding carboxylic acids is 3. The van der Waals surface area contributed by atoms with Gasteiger partial charge in [-0.1, -0.05) is 43.1 Å².